The Morgan fingerprint density at radius 1 is 1.00 bits per heavy atom. The van der Waals surface area contributed by atoms with Gasteiger partial charge in [-0.25, -0.2) is 0 Å². The molecule has 1 unspecified atom stereocenters. The van der Waals surface area contributed by atoms with E-state index < -0.39 is 0 Å². The summed E-state index contributed by atoms with van der Waals surface area (Å²) in [6.07, 6.45) is 5.07. The molecule has 0 spiro atoms. The highest BCUT2D eigenvalue weighted by atomic mass is 16.2. The maximum atomic E-state index is 13.2. The summed E-state index contributed by atoms with van der Waals surface area (Å²) < 4.78 is 0. The minimum absolute atomic E-state index is 0.0879. The average molecular weight is 307 g/mol. The summed E-state index contributed by atoms with van der Waals surface area (Å²) in [7, 11) is 0. The van der Waals surface area contributed by atoms with E-state index in [2.05, 4.69) is 36.5 Å². The second kappa shape index (κ2) is 6.99. The lowest BCUT2D eigenvalue weighted by Gasteiger charge is -2.31. The van der Waals surface area contributed by atoms with Crippen LogP contribution in [0.3, 0.4) is 0 Å². The van der Waals surface area contributed by atoms with Gasteiger partial charge in [-0.3, -0.25) is 4.79 Å². The third-order valence-corrected chi connectivity index (χ3v) is 5.13. The summed E-state index contributed by atoms with van der Waals surface area (Å²) in [4.78, 5) is 13.2. The van der Waals surface area contributed by atoms with Gasteiger partial charge in [-0.15, -0.1) is 0 Å². The summed E-state index contributed by atoms with van der Waals surface area (Å²) >= 11 is 0. The summed E-state index contributed by atoms with van der Waals surface area (Å²) in [5, 5.41) is 3.33. The summed E-state index contributed by atoms with van der Waals surface area (Å²) in [5.41, 5.74) is 2.01. The van der Waals surface area contributed by atoms with Crippen LogP contribution in [0, 0.1) is 0 Å². The summed E-state index contributed by atoms with van der Waals surface area (Å²) in [6, 6.07) is 20.7. The summed E-state index contributed by atoms with van der Waals surface area (Å²) in [5.74, 6) is 0.192. The lowest BCUT2D eigenvalue weighted by atomic mass is 9.77. The molecule has 1 amide bonds. The number of amides is 1. The van der Waals surface area contributed by atoms with Crippen LogP contribution in [-0.2, 0) is 10.2 Å². The maximum absolute atomic E-state index is 13.2. The molecule has 2 aromatic carbocycles. The van der Waals surface area contributed by atoms with Crippen molar-refractivity contribution >= 4 is 5.91 Å². The van der Waals surface area contributed by atoms with Crippen molar-refractivity contribution in [2.75, 3.05) is 0 Å². The molecule has 2 aromatic rings. The van der Waals surface area contributed by atoms with E-state index in [1.807, 2.05) is 36.4 Å². The number of hydrogen-bond acceptors (Lipinski definition) is 1. The molecule has 1 atom stereocenters. The van der Waals surface area contributed by atoms with Crippen molar-refractivity contribution in [3.63, 3.8) is 0 Å². The minimum Gasteiger partial charge on any atom is -0.349 e. The van der Waals surface area contributed by atoms with Crippen LogP contribution >= 0.6 is 0 Å². The van der Waals surface area contributed by atoms with Crippen molar-refractivity contribution in [2.24, 2.45) is 0 Å². The molecule has 0 bridgehead atoms. The zero-order valence-electron chi connectivity index (χ0n) is 13.8. The molecule has 23 heavy (non-hydrogen) atoms. The van der Waals surface area contributed by atoms with Crippen molar-refractivity contribution in [1.29, 1.82) is 0 Å². The van der Waals surface area contributed by atoms with Gasteiger partial charge in [-0.05, 0) is 30.4 Å². The molecule has 0 radical (unpaired) electrons. The van der Waals surface area contributed by atoms with E-state index in [1.54, 1.807) is 0 Å². The molecule has 1 aliphatic carbocycles. The van der Waals surface area contributed by atoms with Crippen molar-refractivity contribution in [3.05, 3.63) is 71.8 Å². The topological polar surface area (TPSA) is 29.1 Å². The Morgan fingerprint density at radius 3 is 2.13 bits per heavy atom. The van der Waals surface area contributed by atoms with Gasteiger partial charge in [-0.2, -0.15) is 0 Å². The molecule has 1 saturated carbocycles. The van der Waals surface area contributed by atoms with E-state index in [-0.39, 0.29) is 17.4 Å². The molecule has 120 valence electrons. The molecular weight excluding hydrogens is 282 g/mol. The monoisotopic (exact) mass is 307 g/mol. The van der Waals surface area contributed by atoms with E-state index in [0.29, 0.717) is 0 Å². The average Bonchev–Trinajstić information content (AvgIpc) is 3.12. The van der Waals surface area contributed by atoms with Gasteiger partial charge in [0.15, 0.2) is 0 Å². The van der Waals surface area contributed by atoms with Crippen LogP contribution in [0.4, 0.5) is 0 Å². The normalized spacial score (nSPS) is 17.6. The fraction of sp³-hybridized carbons (Fsp3) is 0.381. The third-order valence-electron chi connectivity index (χ3n) is 5.13. The van der Waals surface area contributed by atoms with Crippen molar-refractivity contribution in [3.8, 4) is 0 Å². The van der Waals surface area contributed by atoms with Gasteiger partial charge < -0.3 is 5.32 Å². The van der Waals surface area contributed by atoms with E-state index in [9.17, 15) is 4.79 Å². The van der Waals surface area contributed by atoms with E-state index in [4.69, 9.17) is 0 Å². The van der Waals surface area contributed by atoms with Crippen LogP contribution in [0.2, 0.25) is 0 Å². The van der Waals surface area contributed by atoms with Gasteiger partial charge in [0.05, 0.1) is 11.5 Å². The smallest absolute Gasteiger partial charge is 0.231 e. The fourth-order valence-electron chi connectivity index (χ4n) is 3.79. The van der Waals surface area contributed by atoms with E-state index >= 15 is 0 Å². The number of rotatable bonds is 5. The molecule has 0 aliphatic heterocycles. The molecule has 1 aliphatic rings. The Kier molecular flexibility index (Phi) is 4.80. The highest BCUT2D eigenvalue weighted by Gasteiger charge is 2.43. The molecule has 0 aromatic heterocycles. The van der Waals surface area contributed by atoms with Crippen LogP contribution in [0.25, 0.3) is 0 Å². The lowest BCUT2D eigenvalue weighted by molar-refractivity contribution is -0.127. The quantitative estimate of drug-likeness (QED) is 0.847. The maximum Gasteiger partial charge on any atom is 0.231 e. The molecule has 2 nitrogen and oxygen atoms in total. The number of carbonyl (C=O) groups excluding carboxylic acids is 1. The lowest BCUT2D eigenvalue weighted by Crippen LogP contribution is -2.44. The molecule has 1 N–H and O–H groups in total. The fourth-order valence-corrected chi connectivity index (χ4v) is 3.79. The minimum atomic E-state index is -0.344. The van der Waals surface area contributed by atoms with Crippen LogP contribution in [0.1, 0.15) is 56.2 Å². The first-order valence-corrected chi connectivity index (χ1v) is 8.68. The predicted molar refractivity (Wildman–Crippen MR) is 94.2 cm³/mol. The number of hydrogen-bond donors (Lipinski definition) is 1. The SMILES string of the molecule is CCC(NC(=O)C1(c2ccccc2)CCCC1)c1ccccc1. The van der Waals surface area contributed by atoms with E-state index in [0.717, 1.165) is 37.7 Å². The molecule has 0 heterocycles. The van der Waals surface area contributed by atoms with Crippen LogP contribution in [0.5, 0.6) is 0 Å². The van der Waals surface area contributed by atoms with Crippen molar-refractivity contribution in [2.45, 2.75) is 50.5 Å². The second-order valence-electron chi connectivity index (χ2n) is 6.50. The predicted octanol–water partition coefficient (Wildman–Crippen LogP) is 4.77. The number of benzene rings is 2. The zero-order valence-corrected chi connectivity index (χ0v) is 13.8. The largest absolute Gasteiger partial charge is 0.349 e. The van der Waals surface area contributed by atoms with Gasteiger partial charge in [0.2, 0.25) is 5.91 Å². The Morgan fingerprint density at radius 2 is 1.57 bits per heavy atom. The van der Waals surface area contributed by atoms with Gasteiger partial charge >= 0.3 is 0 Å². The van der Waals surface area contributed by atoms with Gasteiger partial charge in [-0.1, -0.05) is 80.4 Å². The Bertz CT molecular complexity index is 629. The first kappa shape index (κ1) is 15.8. The zero-order chi connectivity index (χ0) is 16.1. The highest BCUT2D eigenvalue weighted by molar-refractivity contribution is 5.89. The van der Waals surface area contributed by atoms with Gasteiger partial charge in [0, 0.05) is 0 Å². The third kappa shape index (κ3) is 3.17. The molecular formula is C21H25NO. The van der Waals surface area contributed by atoms with Crippen LogP contribution < -0.4 is 5.32 Å². The number of carbonyl (C=O) groups is 1. The van der Waals surface area contributed by atoms with Gasteiger partial charge in [0.25, 0.3) is 0 Å². The number of nitrogens with one attached hydrogen (secondary N) is 1. The molecule has 2 heteroatoms. The summed E-state index contributed by atoms with van der Waals surface area (Å²) in [6.45, 7) is 2.13. The van der Waals surface area contributed by atoms with Crippen LogP contribution in [0.15, 0.2) is 60.7 Å². The Hall–Kier alpha value is -2.09. The van der Waals surface area contributed by atoms with Gasteiger partial charge in [0.1, 0.15) is 0 Å². The van der Waals surface area contributed by atoms with Crippen LogP contribution in [-0.4, -0.2) is 5.91 Å². The standard InChI is InChI=1S/C21H25NO/c1-2-19(17-11-5-3-6-12-17)22-20(23)21(15-9-10-16-21)18-13-7-4-8-14-18/h3-8,11-14,19H,2,9-10,15-16H2,1H3,(H,22,23). The van der Waals surface area contributed by atoms with Crippen molar-refractivity contribution < 1.29 is 4.79 Å². The first-order chi connectivity index (χ1) is 11.3. The molecule has 0 saturated heterocycles. The Labute approximate surface area is 138 Å². The first-order valence-electron chi connectivity index (χ1n) is 8.68. The molecule has 1 fully saturated rings. The van der Waals surface area contributed by atoms with Crippen molar-refractivity contribution in [1.82, 2.24) is 5.32 Å². The Balaban J connectivity index is 1.85. The van der Waals surface area contributed by atoms with E-state index in [1.165, 1.54) is 5.56 Å². The highest BCUT2D eigenvalue weighted by Crippen LogP contribution is 2.41. The second-order valence-corrected chi connectivity index (χ2v) is 6.50. The molecule has 3 rings (SSSR count).